The first-order chi connectivity index (χ1) is 17.2. The van der Waals surface area contributed by atoms with Gasteiger partial charge in [-0.05, 0) is 92.1 Å². The van der Waals surface area contributed by atoms with Gasteiger partial charge in [0.1, 0.15) is 0 Å². The lowest BCUT2D eigenvalue weighted by atomic mass is 10.1. The molecule has 1 heterocycles. The van der Waals surface area contributed by atoms with Crippen LogP contribution >= 0.6 is 0 Å². The summed E-state index contributed by atoms with van der Waals surface area (Å²) in [6.45, 7) is 5.46. The van der Waals surface area contributed by atoms with Crippen LogP contribution in [0.2, 0.25) is 0 Å². The van der Waals surface area contributed by atoms with Crippen LogP contribution in [0.5, 0.6) is 0 Å². The molecule has 0 spiro atoms. The molecule has 0 aliphatic rings. The molecule has 0 bridgehead atoms. The monoisotopic (exact) mass is 486 g/mol. The van der Waals surface area contributed by atoms with Gasteiger partial charge in [-0.3, -0.25) is 0 Å². The normalized spacial score (nSPS) is 10.8. The summed E-state index contributed by atoms with van der Waals surface area (Å²) in [5.41, 5.74) is 3.68. The smallest absolute Gasteiger partial charge is 0.345 e. The second-order valence-corrected chi connectivity index (χ2v) is 8.61. The average molecular weight is 487 g/mol. The van der Waals surface area contributed by atoms with Crippen molar-refractivity contribution in [3.05, 3.63) is 103 Å². The van der Waals surface area contributed by atoms with E-state index in [2.05, 4.69) is 16.0 Å². The number of hydrogen-bond acceptors (Lipinski definition) is 6. The van der Waals surface area contributed by atoms with E-state index < -0.39 is 17.1 Å². The molecule has 0 fully saturated rings. The van der Waals surface area contributed by atoms with Crippen molar-refractivity contribution < 1.29 is 0 Å². The third-order valence-corrected chi connectivity index (χ3v) is 6.33. The fourth-order valence-corrected chi connectivity index (χ4v) is 4.35. The fraction of sp³-hybridized carbons (Fsp3) is 0.222. The Morgan fingerprint density at radius 3 is 0.917 bits per heavy atom. The van der Waals surface area contributed by atoms with E-state index in [0.29, 0.717) is 33.8 Å². The zero-order valence-corrected chi connectivity index (χ0v) is 21.3. The molecule has 0 radical (unpaired) electrons. The number of rotatable bonds is 6. The van der Waals surface area contributed by atoms with E-state index in [1.807, 2.05) is 39.0 Å². The molecule has 0 saturated heterocycles. The highest BCUT2D eigenvalue weighted by atomic mass is 16.2. The molecular formula is C27H30N6O3. The minimum Gasteiger partial charge on any atom is -0.388 e. The maximum Gasteiger partial charge on any atom is 0.345 e. The highest BCUT2D eigenvalue weighted by Gasteiger charge is 2.22. The Balaban J connectivity index is 2.16. The number of hydrogen-bond donors (Lipinski definition) is 3. The minimum absolute atomic E-state index is 0.403. The van der Waals surface area contributed by atoms with Crippen molar-refractivity contribution in [2.45, 2.75) is 20.8 Å². The van der Waals surface area contributed by atoms with Gasteiger partial charge in [0, 0.05) is 38.2 Å². The zero-order valence-electron chi connectivity index (χ0n) is 21.3. The third kappa shape index (κ3) is 4.08. The molecule has 186 valence electrons. The molecule has 3 aromatic carbocycles. The van der Waals surface area contributed by atoms with Crippen molar-refractivity contribution in [2.24, 2.45) is 0 Å². The molecule has 0 saturated carbocycles. The zero-order chi connectivity index (χ0) is 26.1. The Morgan fingerprint density at radius 1 is 0.472 bits per heavy atom. The molecule has 0 amide bonds. The van der Waals surface area contributed by atoms with Crippen LogP contribution in [0.25, 0.3) is 17.1 Å². The van der Waals surface area contributed by atoms with Gasteiger partial charge < -0.3 is 16.0 Å². The highest BCUT2D eigenvalue weighted by Crippen LogP contribution is 2.20. The lowest BCUT2D eigenvalue weighted by Crippen LogP contribution is -2.53. The van der Waals surface area contributed by atoms with Gasteiger partial charge in [-0.25, -0.2) is 28.1 Å². The van der Waals surface area contributed by atoms with Crippen molar-refractivity contribution >= 4 is 17.1 Å². The third-order valence-electron chi connectivity index (χ3n) is 6.33. The summed E-state index contributed by atoms with van der Waals surface area (Å²) in [5.74, 6) is 0. The van der Waals surface area contributed by atoms with Gasteiger partial charge in [0.25, 0.3) is 0 Å². The van der Waals surface area contributed by atoms with E-state index in [1.54, 1.807) is 57.5 Å². The topological polar surface area (TPSA) is 102 Å². The molecular weight excluding hydrogens is 456 g/mol. The Labute approximate surface area is 208 Å². The largest absolute Gasteiger partial charge is 0.388 e. The van der Waals surface area contributed by atoms with Gasteiger partial charge in [-0.2, -0.15) is 0 Å². The Hall–Kier alpha value is -4.53. The van der Waals surface area contributed by atoms with Crippen LogP contribution in [0.4, 0.5) is 17.1 Å². The molecule has 9 heteroatoms. The molecule has 4 rings (SSSR count). The molecule has 9 nitrogen and oxygen atoms in total. The summed E-state index contributed by atoms with van der Waals surface area (Å²) >= 11 is 0. The van der Waals surface area contributed by atoms with E-state index in [1.165, 1.54) is 0 Å². The predicted molar refractivity (Wildman–Crippen MR) is 146 cm³/mol. The first kappa shape index (κ1) is 24.6. The summed E-state index contributed by atoms with van der Waals surface area (Å²) in [6.07, 6.45) is 0. The molecule has 1 aromatic heterocycles. The van der Waals surface area contributed by atoms with Gasteiger partial charge >= 0.3 is 17.1 Å². The van der Waals surface area contributed by atoms with Crippen molar-refractivity contribution in [3.63, 3.8) is 0 Å². The molecule has 3 N–H and O–H groups in total. The Bertz CT molecular complexity index is 1420. The number of nitrogens with zero attached hydrogens (tertiary/aromatic N) is 3. The summed E-state index contributed by atoms with van der Waals surface area (Å²) in [5, 5.41) is 9.17. The van der Waals surface area contributed by atoms with Crippen molar-refractivity contribution in [3.8, 4) is 17.1 Å². The van der Waals surface area contributed by atoms with Gasteiger partial charge in [-0.1, -0.05) is 0 Å². The fourth-order valence-electron chi connectivity index (χ4n) is 4.35. The van der Waals surface area contributed by atoms with Crippen LogP contribution in [-0.2, 0) is 0 Å². The first-order valence-electron chi connectivity index (χ1n) is 11.6. The standard InChI is InChI=1S/C27H30N6O3/c1-16-13-19(28-4)7-10-22(16)31-25(34)32(23-11-8-20(29-5)14-17(23)2)27(36)33(26(31)35)24-12-9-21(30-6)15-18(24)3/h7-15,28-30H,1-6H3. The van der Waals surface area contributed by atoms with Crippen LogP contribution in [0.1, 0.15) is 16.7 Å². The van der Waals surface area contributed by atoms with Crippen molar-refractivity contribution in [2.75, 3.05) is 37.1 Å². The maximum atomic E-state index is 13.9. The number of benzene rings is 3. The van der Waals surface area contributed by atoms with Crippen LogP contribution in [-0.4, -0.2) is 34.8 Å². The minimum atomic E-state index is -0.730. The number of aryl methyl sites for hydroxylation is 3. The lowest BCUT2D eigenvalue weighted by molar-refractivity contribution is 0.655. The number of anilines is 3. The van der Waals surface area contributed by atoms with E-state index in [4.69, 9.17) is 0 Å². The van der Waals surface area contributed by atoms with E-state index in [9.17, 15) is 14.4 Å². The predicted octanol–water partition coefficient (Wildman–Crippen LogP) is 3.19. The van der Waals surface area contributed by atoms with E-state index in [0.717, 1.165) is 30.8 Å². The lowest BCUT2D eigenvalue weighted by Gasteiger charge is -2.18. The first-order valence-corrected chi connectivity index (χ1v) is 11.6. The Kier molecular flexibility index (Phi) is 6.57. The molecule has 0 atom stereocenters. The second-order valence-electron chi connectivity index (χ2n) is 8.61. The molecule has 36 heavy (non-hydrogen) atoms. The summed E-state index contributed by atoms with van der Waals surface area (Å²) < 4.78 is 3.19. The number of nitrogens with one attached hydrogen (secondary N) is 3. The molecule has 0 unspecified atom stereocenters. The van der Waals surface area contributed by atoms with Crippen LogP contribution in [0.15, 0.2) is 69.0 Å². The summed E-state index contributed by atoms with van der Waals surface area (Å²) in [4.78, 5) is 41.6. The van der Waals surface area contributed by atoms with E-state index >= 15 is 0 Å². The SMILES string of the molecule is CNc1ccc(-n2c(=O)n(-c3ccc(NC)cc3C)c(=O)n(-c3ccc(NC)cc3C)c2=O)c(C)c1. The van der Waals surface area contributed by atoms with Gasteiger partial charge in [0.05, 0.1) is 17.1 Å². The molecule has 4 aromatic rings. The second kappa shape index (κ2) is 9.61. The van der Waals surface area contributed by atoms with Crippen LogP contribution in [0, 0.1) is 20.8 Å². The van der Waals surface area contributed by atoms with Crippen molar-refractivity contribution in [1.29, 1.82) is 0 Å². The molecule has 0 aliphatic heterocycles. The van der Waals surface area contributed by atoms with Gasteiger partial charge in [0.2, 0.25) is 0 Å². The average Bonchev–Trinajstić information content (AvgIpc) is 2.86. The molecule has 0 aliphatic carbocycles. The van der Waals surface area contributed by atoms with Crippen LogP contribution < -0.4 is 33.0 Å². The summed E-state index contributed by atoms with van der Waals surface area (Å²) in [7, 11) is 5.38. The summed E-state index contributed by atoms with van der Waals surface area (Å²) in [6, 6.07) is 16.0. The van der Waals surface area contributed by atoms with E-state index in [-0.39, 0.29) is 0 Å². The Morgan fingerprint density at radius 2 is 0.722 bits per heavy atom. The highest BCUT2D eigenvalue weighted by molar-refractivity contribution is 5.56. The quantitative estimate of drug-likeness (QED) is 0.387. The van der Waals surface area contributed by atoms with Gasteiger partial charge in [0.15, 0.2) is 0 Å². The van der Waals surface area contributed by atoms with Crippen molar-refractivity contribution in [1.82, 2.24) is 13.7 Å². The van der Waals surface area contributed by atoms with Gasteiger partial charge in [-0.15, -0.1) is 0 Å². The number of aromatic nitrogens is 3. The van der Waals surface area contributed by atoms with Crippen LogP contribution in [0.3, 0.4) is 0 Å². The maximum absolute atomic E-state index is 13.9.